The van der Waals surface area contributed by atoms with Gasteiger partial charge in [-0.05, 0) is 6.07 Å². The van der Waals surface area contributed by atoms with Crippen LogP contribution in [0.4, 0.5) is 14.5 Å². The minimum Gasteiger partial charge on any atom is -0.351 e. The standard InChI is InChI=1S/C12H12F2N2O3S/c1-2-6-20-7-5-15-12(17)10-8(13)3-4-9(11(10)14)16(18)19/h2-4H,1,5-7H2,(H,15,17). The summed E-state index contributed by atoms with van der Waals surface area (Å²) < 4.78 is 27.1. The molecule has 0 bridgehead atoms. The fourth-order valence-corrected chi connectivity index (χ4v) is 1.96. The second-order valence-electron chi connectivity index (χ2n) is 3.63. The zero-order valence-electron chi connectivity index (χ0n) is 10.4. The molecular weight excluding hydrogens is 290 g/mol. The van der Waals surface area contributed by atoms with E-state index >= 15 is 0 Å². The third-order valence-electron chi connectivity index (χ3n) is 2.26. The van der Waals surface area contributed by atoms with Crippen LogP contribution in [0.1, 0.15) is 10.4 Å². The lowest BCUT2D eigenvalue weighted by Gasteiger charge is -2.07. The molecule has 0 saturated carbocycles. The van der Waals surface area contributed by atoms with Gasteiger partial charge in [0.1, 0.15) is 11.4 Å². The molecule has 20 heavy (non-hydrogen) atoms. The van der Waals surface area contributed by atoms with Gasteiger partial charge in [-0.2, -0.15) is 16.2 Å². The Morgan fingerprint density at radius 3 is 2.80 bits per heavy atom. The van der Waals surface area contributed by atoms with E-state index in [-0.39, 0.29) is 6.54 Å². The Balaban J connectivity index is 2.79. The highest BCUT2D eigenvalue weighted by Crippen LogP contribution is 2.22. The van der Waals surface area contributed by atoms with Crippen molar-refractivity contribution in [3.63, 3.8) is 0 Å². The van der Waals surface area contributed by atoms with Gasteiger partial charge < -0.3 is 5.32 Å². The molecule has 1 rings (SSSR count). The fraction of sp³-hybridized carbons (Fsp3) is 0.250. The van der Waals surface area contributed by atoms with Gasteiger partial charge in [0, 0.05) is 24.1 Å². The lowest BCUT2D eigenvalue weighted by molar-refractivity contribution is -0.387. The van der Waals surface area contributed by atoms with Gasteiger partial charge >= 0.3 is 5.69 Å². The number of nitro groups is 1. The van der Waals surface area contributed by atoms with Crippen molar-refractivity contribution in [1.29, 1.82) is 0 Å². The highest BCUT2D eigenvalue weighted by Gasteiger charge is 2.25. The van der Waals surface area contributed by atoms with Crippen molar-refractivity contribution in [1.82, 2.24) is 5.32 Å². The highest BCUT2D eigenvalue weighted by atomic mass is 32.2. The highest BCUT2D eigenvalue weighted by molar-refractivity contribution is 7.99. The number of benzene rings is 1. The monoisotopic (exact) mass is 302 g/mol. The molecule has 5 nitrogen and oxygen atoms in total. The van der Waals surface area contributed by atoms with Crippen LogP contribution >= 0.6 is 11.8 Å². The third kappa shape index (κ3) is 4.02. The van der Waals surface area contributed by atoms with Crippen LogP contribution in [0.25, 0.3) is 0 Å². The number of nitrogens with one attached hydrogen (secondary N) is 1. The van der Waals surface area contributed by atoms with Gasteiger partial charge in [-0.25, -0.2) is 4.39 Å². The van der Waals surface area contributed by atoms with Crippen LogP contribution in [0.15, 0.2) is 24.8 Å². The number of rotatable bonds is 7. The number of amides is 1. The Hall–Kier alpha value is -1.96. The van der Waals surface area contributed by atoms with Crippen LogP contribution in [0, 0.1) is 21.7 Å². The van der Waals surface area contributed by atoms with Crippen molar-refractivity contribution >= 4 is 23.4 Å². The van der Waals surface area contributed by atoms with Crippen molar-refractivity contribution in [3.05, 3.63) is 52.1 Å². The number of hydrogen-bond acceptors (Lipinski definition) is 4. The first-order valence-corrected chi connectivity index (χ1v) is 6.73. The zero-order chi connectivity index (χ0) is 15.1. The number of halogens is 2. The average molecular weight is 302 g/mol. The third-order valence-corrected chi connectivity index (χ3v) is 3.23. The minimum atomic E-state index is -1.47. The molecular formula is C12H12F2N2O3S. The Morgan fingerprint density at radius 2 is 2.20 bits per heavy atom. The predicted octanol–water partition coefficient (Wildman–Crippen LogP) is 2.52. The Bertz CT molecular complexity index is 538. The maximum Gasteiger partial charge on any atom is 0.305 e. The molecule has 1 aromatic carbocycles. The lowest BCUT2D eigenvalue weighted by atomic mass is 10.1. The van der Waals surface area contributed by atoms with Gasteiger partial charge in [-0.15, -0.1) is 6.58 Å². The molecule has 0 saturated heterocycles. The molecule has 0 heterocycles. The van der Waals surface area contributed by atoms with Gasteiger partial charge in [-0.3, -0.25) is 14.9 Å². The van der Waals surface area contributed by atoms with E-state index in [4.69, 9.17) is 0 Å². The molecule has 108 valence electrons. The van der Waals surface area contributed by atoms with Crippen molar-refractivity contribution in [2.75, 3.05) is 18.1 Å². The molecule has 0 radical (unpaired) electrons. The molecule has 0 aliphatic heterocycles. The molecule has 1 N–H and O–H groups in total. The van der Waals surface area contributed by atoms with E-state index in [9.17, 15) is 23.7 Å². The van der Waals surface area contributed by atoms with Crippen molar-refractivity contribution in [2.24, 2.45) is 0 Å². The second-order valence-corrected chi connectivity index (χ2v) is 4.78. The average Bonchev–Trinajstić information content (AvgIpc) is 2.38. The summed E-state index contributed by atoms with van der Waals surface area (Å²) in [5, 5.41) is 12.8. The maximum absolute atomic E-state index is 13.7. The molecule has 0 aliphatic carbocycles. The number of hydrogen-bond donors (Lipinski definition) is 1. The Morgan fingerprint density at radius 1 is 1.50 bits per heavy atom. The SMILES string of the molecule is C=CCSCCNC(=O)c1c(F)ccc([N+](=O)[O-])c1F. The molecule has 1 aromatic rings. The number of thioether (sulfide) groups is 1. The topological polar surface area (TPSA) is 72.2 Å². The molecule has 8 heteroatoms. The molecule has 0 spiro atoms. The van der Waals surface area contributed by atoms with Crippen molar-refractivity contribution in [2.45, 2.75) is 0 Å². The first kappa shape index (κ1) is 16.1. The summed E-state index contributed by atoms with van der Waals surface area (Å²) in [5.74, 6) is -2.39. The largest absolute Gasteiger partial charge is 0.351 e. The first-order valence-electron chi connectivity index (χ1n) is 5.58. The van der Waals surface area contributed by atoms with E-state index in [2.05, 4.69) is 11.9 Å². The summed E-state index contributed by atoms with van der Waals surface area (Å²) in [6.07, 6.45) is 1.69. The number of carbonyl (C=O) groups excluding carboxylic acids is 1. The van der Waals surface area contributed by atoms with Crippen LogP contribution in [-0.2, 0) is 0 Å². The zero-order valence-corrected chi connectivity index (χ0v) is 11.2. The summed E-state index contributed by atoms with van der Waals surface area (Å²) in [6.45, 7) is 3.71. The maximum atomic E-state index is 13.7. The Labute approximate surface area is 118 Å². The molecule has 0 unspecified atom stereocenters. The van der Waals surface area contributed by atoms with E-state index in [0.717, 1.165) is 0 Å². The normalized spacial score (nSPS) is 10.1. The lowest BCUT2D eigenvalue weighted by Crippen LogP contribution is -2.28. The van der Waals surface area contributed by atoms with E-state index in [1.54, 1.807) is 6.08 Å². The quantitative estimate of drug-likeness (QED) is 0.363. The summed E-state index contributed by atoms with van der Waals surface area (Å²) in [7, 11) is 0. The molecule has 0 atom stereocenters. The molecule has 0 aliphatic rings. The molecule has 1 amide bonds. The number of carbonyl (C=O) groups is 1. The van der Waals surface area contributed by atoms with E-state index in [1.165, 1.54) is 11.8 Å². The van der Waals surface area contributed by atoms with Gasteiger partial charge in [-0.1, -0.05) is 6.08 Å². The second kappa shape index (κ2) is 7.59. The van der Waals surface area contributed by atoms with Gasteiger partial charge in [0.2, 0.25) is 5.82 Å². The summed E-state index contributed by atoms with van der Waals surface area (Å²) >= 11 is 1.48. The fourth-order valence-electron chi connectivity index (χ4n) is 1.38. The van der Waals surface area contributed by atoms with Crippen LogP contribution < -0.4 is 5.32 Å². The summed E-state index contributed by atoms with van der Waals surface area (Å²) in [4.78, 5) is 21.2. The number of nitro benzene ring substituents is 1. The molecule has 0 aromatic heterocycles. The van der Waals surface area contributed by atoms with Gasteiger partial charge in [0.25, 0.3) is 5.91 Å². The van der Waals surface area contributed by atoms with Crippen LogP contribution in [0.2, 0.25) is 0 Å². The number of nitrogens with zero attached hydrogens (tertiary/aromatic N) is 1. The van der Waals surface area contributed by atoms with Crippen LogP contribution in [0.5, 0.6) is 0 Å². The van der Waals surface area contributed by atoms with E-state index in [0.29, 0.717) is 23.6 Å². The van der Waals surface area contributed by atoms with Crippen LogP contribution in [0.3, 0.4) is 0 Å². The van der Waals surface area contributed by atoms with Gasteiger partial charge in [0.15, 0.2) is 0 Å². The predicted molar refractivity (Wildman–Crippen MR) is 72.9 cm³/mol. The summed E-state index contributed by atoms with van der Waals surface area (Å²) in [5.41, 5.74) is -1.87. The van der Waals surface area contributed by atoms with Crippen molar-refractivity contribution in [3.8, 4) is 0 Å². The van der Waals surface area contributed by atoms with E-state index < -0.39 is 33.7 Å². The summed E-state index contributed by atoms with van der Waals surface area (Å²) in [6, 6.07) is 1.38. The molecule has 0 fully saturated rings. The smallest absolute Gasteiger partial charge is 0.305 e. The minimum absolute atomic E-state index is 0.193. The van der Waals surface area contributed by atoms with Gasteiger partial charge in [0.05, 0.1) is 4.92 Å². The first-order chi connectivity index (χ1) is 9.49. The van der Waals surface area contributed by atoms with E-state index in [1.807, 2.05) is 0 Å². The van der Waals surface area contributed by atoms with Crippen LogP contribution in [-0.4, -0.2) is 28.9 Å². The Kier molecular flexibility index (Phi) is 6.10. The van der Waals surface area contributed by atoms with Crippen molar-refractivity contribution < 1.29 is 18.5 Å².